The van der Waals surface area contributed by atoms with Crippen LogP contribution in [0.5, 0.6) is 0 Å². The van der Waals surface area contributed by atoms with E-state index in [1.165, 1.54) is 0 Å². The van der Waals surface area contributed by atoms with Gasteiger partial charge in [-0.15, -0.1) is 0 Å². The number of H-pyrrole nitrogens is 4. The fourth-order valence-electron chi connectivity index (χ4n) is 15.7. The highest BCUT2D eigenvalue weighted by atomic mass is 16.5. The van der Waals surface area contributed by atoms with Crippen molar-refractivity contribution in [2.75, 3.05) is 14.2 Å². The van der Waals surface area contributed by atoms with Gasteiger partial charge in [-0.3, -0.25) is 0 Å². The minimum Gasteiger partial charge on any atom is -0.481 e. The van der Waals surface area contributed by atoms with Gasteiger partial charge >= 0.3 is 0 Å². The number of aryl methyl sites for hydroxylation is 8. The number of fused-ring (bicyclic) bond motifs is 17. The van der Waals surface area contributed by atoms with Gasteiger partial charge in [-0.05, 0) is 173 Å². The first kappa shape index (κ1) is 66.5. The quantitative estimate of drug-likeness (QED) is 0.115. The van der Waals surface area contributed by atoms with Gasteiger partial charge in [0.2, 0.25) is 11.8 Å². The maximum Gasteiger partial charge on any atom is 0.222 e. The van der Waals surface area contributed by atoms with Crippen molar-refractivity contribution in [2.24, 2.45) is 9.98 Å². The second kappa shape index (κ2) is 26.9. The van der Waals surface area contributed by atoms with Crippen molar-refractivity contribution in [1.82, 2.24) is 29.9 Å². The Labute approximate surface area is 628 Å². The number of nitrogens with one attached hydrogen (secondary N) is 4. The molecule has 10 heterocycles. The largest absolute Gasteiger partial charge is 0.481 e. The van der Waals surface area contributed by atoms with E-state index in [1.54, 1.807) is 14.2 Å². The molecule has 0 atom stereocenters. The molecule has 10 heteroatoms. The third kappa shape index (κ3) is 11.8. The van der Waals surface area contributed by atoms with Crippen LogP contribution in [0.15, 0.2) is 253 Å². The lowest BCUT2D eigenvalue weighted by molar-refractivity contribution is 0.406. The van der Waals surface area contributed by atoms with E-state index in [2.05, 4.69) is 342 Å². The smallest absolute Gasteiger partial charge is 0.222 e. The first-order valence-electron chi connectivity index (χ1n) is 36.8. The summed E-state index contributed by atoms with van der Waals surface area (Å²) in [5.74, 6) is 0.800. The van der Waals surface area contributed by atoms with Crippen LogP contribution < -0.4 is 0 Å². The number of aromatic amines is 4. The van der Waals surface area contributed by atoms with E-state index in [4.69, 9.17) is 29.4 Å². The fourth-order valence-corrected chi connectivity index (χ4v) is 15.7. The van der Waals surface area contributed by atoms with Crippen LogP contribution in [0.2, 0.25) is 0 Å². The maximum absolute atomic E-state index is 7.08. The third-order valence-electron chi connectivity index (χ3n) is 21.4. The highest BCUT2D eigenvalue weighted by molar-refractivity contribution is 6.26. The minimum absolute atomic E-state index is 0.400. The summed E-state index contributed by atoms with van der Waals surface area (Å²) < 4.78 is 14.2. The van der Waals surface area contributed by atoms with Crippen molar-refractivity contribution in [2.45, 2.75) is 55.4 Å². The van der Waals surface area contributed by atoms with E-state index in [-0.39, 0.29) is 0 Å². The second-order valence-corrected chi connectivity index (χ2v) is 28.9. The van der Waals surface area contributed by atoms with Crippen LogP contribution in [-0.4, -0.2) is 55.9 Å². The van der Waals surface area contributed by atoms with Crippen molar-refractivity contribution in [1.29, 1.82) is 0 Å². The number of aliphatic imine (C=N–C) groups is 2. The van der Waals surface area contributed by atoms with E-state index in [0.29, 0.717) is 23.2 Å². The molecule has 0 spiro atoms. The molecule has 4 N–H and O–H groups in total. The number of hydrogen-bond donors (Lipinski definition) is 4. The maximum atomic E-state index is 7.08. The fraction of sp³-hybridized carbons (Fsp3) is 0.102. The van der Waals surface area contributed by atoms with Gasteiger partial charge in [-0.1, -0.05) is 239 Å². The van der Waals surface area contributed by atoms with E-state index in [1.807, 2.05) is 0 Å². The van der Waals surface area contributed by atoms with Gasteiger partial charge in [0.1, 0.15) is 0 Å². The molecule has 16 bridgehead atoms. The molecule has 14 aromatic rings. The molecule has 4 aliphatic heterocycles. The molecule has 6 aromatic heterocycles. The lowest BCUT2D eigenvalue weighted by Gasteiger charge is -2.17. The zero-order valence-corrected chi connectivity index (χ0v) is 62.0. The van der Waals surface area contributed by atoms with Crippen LogP contribution in [-0.2, 0) is 9.47 Å². The lowest BCUT2D eigenvalue weighted by Crippen LogP contribution is -2.06. The first-order chi connectivity index (χ1) is 52.7. The molecule has 8 aromatic carbocycles. The van der Waals surface area contributed by atoms with Crippen LogP contribution in [0, 0.1) is 55.4 Å². The summed E-state index contributed by atoms with van der Waals surface area (Å²) >= 11 is 0. The summed E-state index contributed by atoms with van der Waals surface area (Å²) in [6.45, 7) is 17.1. The van der Waals surface area contributed by atoms with Crippen LogP contribution >= 0.6 is 0 Å². The zero-order valence-electron chi connectivity index (χ0n) is 62.0. The number of benzene rings is 8. The van der Waals surface area contributed by atoms with Crippen LogP contribution in [0.25, 0.3) is 169 Å². The minimum atomic E-state index is 0.400. The van der Waals surface area contributed by atoms with Gasteiger partial charge in [-0.2, -0.15) is 0 Å². The molecule has 0 unspecified atom stereocenters. The number of hydrogen-bond acceptors (Lipinski definition) is 6. The van der Waals surface area contributed by atoms with Crippen molar-refractivity contribution in [3.63, 3.8) is 0 Å². The average molecular weight is 1400 g/mol. The second-order valence-electron chi connectivity index (χ2n) is 28.9. The van der Waals surface area contributed by atoms with E-state index < -0.39 is 0 Å². The van der Waals surface area contributed by atoms with Crippen LogP contribution in [0.3, 0.4) is 0 Å². The molecule has 0 saturated heterocycles. The Balaban J connectivity index is 1.16. The summed E-state index contributed by atoms with van der Waals surface area (Å²) in [6.07, 6.45) is 8.65. The van der Waals surface area contributed by atoms with Gasteiger partial charge in [0, 0.05) is 99.8 Å². The van der Waals surface area contributed by atoms with Gasteiger partial charge in [0.05, 0.1) is 59.5 Å². The monoisotopic (exact) mass is 1400 g/mol. The Morgan fingerprint density at radius 1 is 0.194 bits per heavy atom. The lowest BCUT2D eigenvalue weighted by atomic mass is 9.86. The molecular weight excluding hydrogens is 1320 g/mol. The predicted octanol–water partition coefficient (Wildman–Crippen LogP) is 25.4. The normalized spacial score (nSPS) is 12.4. The van der Waals surface area contributed by atoms with Crippen molar-refractivity contribution < 1.29 is 9.47 Å². The molecule has 18 rings (SSSR count). The topological polar surface area (TPSA) is 132 Å². The Bertz CT molecular complexity index is 6100. The predicted molar refractivity (Wildman–Crippen MR) is 451 cm³/mol. The number of rotatable bonds is 9. The molecule has 10 nitrogen and oxygen atoms in total. The number of aromatic nitrogens is 6. The summed E-state index contributed by atoms with van der Waals surface area (Å²) in [7, 11) is 3.49. The molecule has 108 heavy (non-hydrogen) atoms. The Kier molecular flexibility index (Phi) is 16.6. The van der Waals surface area contributed by atoms with Crippen LogP contribution in [0.1, 0.15) is 78.4 Å². The Morgan fingerprint density at radius 3 is 0.574 bits per heavy atom. The van der Waals surface area contributed by atoms with Gasteiger partial charge in [0.25, 0.3) is 0 Å². The first-order valence-corrected chi connectivity index (χ1v) is 36.8. The van der Waals surface area contributed by atoms with Gasteiger partial charge < -0.3 is 29.4 Å². The molecule has 4 aliphatic rings. The molecule has 0 saturated carbocycles. The standard InChI is InChI=1S/C98H78N8O2/c1-55-11-27-63(28-12-55)83-71-43-45-73(99-71)85(65-31-15-57(3)16-32-65)77-49-53-81(103-77)89(69-39-23-61(7)24-40-69)95-91(93(97(105-95)107-9)87(79-51-47-75(83)101-79)67-35-19-59(5)20-36-67)92-94-88(68-37-21-60(6)22-38-68)80-52-48-76(102-80)84(64-29-13-56(2)14-30-64)72-44-46-74(100-72)86(66-33-17-58(4)18-34-66)78-50-54-82(104-78)90(96(92)106-98(94)108-10)70-41-25-62(8)26-42-70/h11-54,101-104H,1-10H3. The number of nitrogens with zero attached hydrogens (tertiary/aromatic N) is 4. The number of methoxy groups -OCH3 is 2. The third-order valence-corrected chi connectivity index (χ3v) is 21.4. The van der Waals surface area contributed by atoms with E-state index >= 15 is 0 Å². The zero-order chi connectivity index (χ0) is 73.6. The van der Waals surface area contributed by atoms with Crippen LogP contribution in [0.4, 0.5) is 11.4 Å². The highest BCUT2D eigenvalue weighted by Gasteiger charge is 2.38. The molecule has 0 amide bonds. The Hall–Kier alpha value is -13.4. The van der Waals surface area contributed by atoms with E-state index in [0.717, 1.165) is 223 Å². The summed E-state index contributed by atoms with van der Waals surface area (Å²) in [6, 6.07) is 87.9. The van der Waals surface area contributed by atoms with Crippen molar-refractivity contribution >= 4 is 91.6 Å². The average Bonchev–Trinajstić information content (AvgIpc) is 1.55. The molecule has 0 radical (unpaired) electrons. The molecule has 0 aliphatic carbocycles. The van der Waals surface area contributed by atoms with Gasteiger partial charge in [0.15, 0.2) is 0 Å². The molecule has 522 valence electrons. The Morgan fingerprint density at radius 2 is 0.370 bits per heavy atom. The van der Waals surface area contributed by atoms with Crippen molar-refractivity contribution in [3.05, 3.63) is 321 Å². The molecule has 0 fully saturated rings. The highest BCUT2D eigenvalue weighted by Crippen LogP contribution is 2.57. The van der Waals surface area contributed by atoms with Crippen molar-refractivity contribution in [3.8, 4) is 100 Å². The summed E-state index contributed by atoms with van der Waals surface area (Å²) in [5.41, 5.74) is 38.2. The summed E-state index contributed by atoms with van der Waals surface area (Å²) in [4.78, 5) is 40.1. The van der Waals surface area contributed by atoms with E-state index in [9.17, 15) is 0 Å². The molecular formula is C98H78N8O2. The SMILES string of the molecule is COC1=Nc2c(-c3c4c(-c5ccc(C)cc5)c5ccc([nH]5)c(-c5ccc(C)cc5)c5nc(c(-c6ccc(C)cc6)c6ccc([nH]6)c(-c6ccc(C)cc6)c3C(OC)=N4)C=C5)c1c(-c1ccc(C)cc1)c1ccc([nH]1)c(-c1ccc(C)cc1)c1nc(c(-c3ccc(C)cc3)c3ccc([nH]3)c2-c2ccc(C)cc2)C=C1. The summed E-state index contributed by atoms with van der Waals surface area (Å²) in [5, 5.41) is 0. The van der Waals surface area contributed by atoms with Gasteiger partial charge in [-0.25, -0.2) is 20.0 Å². The number of ether oxygens (including phenoxy) is 2.